The summed E-state index contributed by atoms with van der Waals surface area (Å²) in [5, 5.41) is 6.69. The average molecular weight is 545 g/mol. The van der Waals surface area contributed by atoms with Crippen LogP contribution in [0.2, 0.25) is 0 Å². The summed E-state index contributed by atoms with van der Waals surface area (Å²) in [5.41, 5.74) is 4.60. The molecule has 1 aliphatic rings. The van der Waals surface area contributed by atoms with Crippen LogP contribution in [0.25, 0.3) is 0 Å². The van der Waals surface area contributed by atoms with E-state index in [4.69, 9.17) is 14.2 Å². The molecule has 0 atom stereocenters. The van der Waals surface area contributed by atoms with Crippen molar-refractivity contribution in [2.45, 2.75) is 26.3 Å². The van der Waals surface area contributed by atoms with E-state index in [1.54, 1.807) is 7.05 Å². The van der Waals surface area contributed by atoms with E-state index in [9.17, 15) is 0 Å². The SMILES string of the molecule is CN=C(NCc1cccc(COCc2ccccc2)c1)NCc1ccc2c(c1)OCO2.I. The third kappa shape index (κ3) is 6.86. The topological polar surface area (TPSA) is 64.1 Å². The summed E-state index contributed by atoms with van der Waals surface area (Å²) < 4.78 is 16.6. The van der Waals surface area contributed by atoms with Gasteiger partial charge < -0.3 is 24.8 Å². The van der Waals surface area contributed by atoms with Crippen molar-refractivity contribution in [3.8, 4) is 11.5 Å². The quantitative estimate of drug-likeness (QED) is 0.246. The van der Waals surface area contributed by atoms with Crippen LogP contribution in [-0.4, -0.2) is 19.8 Å². The number of fused-ring (bicyclic) bond motifs is 1. The van der Waals surface area contributed by atoms with Gasteiger partial charge in [0, 0.05) is 20.1 Å². The number of guanidine groups is 1. The normalized spacial score (nSPS) is 12.2. The van der Waals surface area contributed by atoms with Gasteiger partial charge in [0.15, 0.2) is 17.5 Å². The highest BCUT2D eigenvalue weighted by molar-refractivity contribution is 14.0. The minimum atomic E-state index is 0. The fraction of sp³-hybridized carbons (Fsp3) is 0.240. The molecule has 32 heavy (non-hydrogen) atoms. The summed E-state index contributed by atoms with van der Waals surface area (Å²) in [5.74, 6) is 2.32. The fourth-order valence-electron chi connectivity index (χ4n) is 3.33. The highest BCUT2D eigenvalue weighted by Gasteiger charge is 2.13. The van der Waals surface area contributed by atoms with Crippen molar-refractivity contribution in [1.82, 2.24) is 10.6 Å². The monoisotopic (exact) mass is 545 g/mol. The largest absolute Gasteiger partial charge is 0.454 e. The van der Waals surface area contributed by atoms with Gasteiger partial charge in [0.1, 0.15) is 0 Å². The fourth-order valence-corrected chi connectivity index (χ4v) is 3.33. The van der Waals surface area contributed by atoms with Gasteiger partial charge in [0.05, 0.1) is 13.2 Å². The Morgan fingerprint density at radius 1 is 0.781 bits per heavy atom. The summed E-state index contributed by atoms with van der Waals surface area (Å²) in [6.07, 6.45) is 0. The predicted octanol–water partition coefficient (Wildman–Crippen LogP) is 4.62. The first kappa shape index (κ1) is 23.9. The molecule has 0 radical (unpaired) electrons. The number of hydrogen-bond donors (Lipinski definition) is 2. The van der Waals surface area contributed by atoms with Crippen LogP contribution in [0.3, 0.4) is 0 Å². The van der Waals surface area contributed by atoms with Crippen LogP contribution in [0.15, 0.2) is 77.8 Å². The first-order chi connectivity index (χ1) is 15.3. The molecule has 0 saturated heterocycles. The van der Waals surface area contributed by atoms with Crippen LogP contribution < -0.4 is 20.1 Å². The zero-order valence-corrected chi connectivity index (χ0v) is 20.4. The molecule has 168 valence electrons. The van der Waals surface area contributed by atoms with Crippen molar-refractivity contribution in [2.24, 2.45) is 4.99 Å². The summed E-state index contributed by atoms with van der Waals surface area (Å²) in [6.45, 7) is 2.79. The van der Waals surface area contributed by atoms with Gasteiger partial charge >= 0.3 is 0 Å². The summed E-state index contributed by atoms with van der Waals surface area (Å²) in [4.78, 5) is 4.31. The Morgan fingerprint density at radius 2 is 1.44 bits per heavy atom. The lowest BCUT2D eigenvalue weighted by Gasteiger charge is -2.13. The van der Waals surface area contributed by atoms with Gasteiger partial charge in [-0.05, 0) is 34.4 Å². The maximum Gasteiger partial charge on any atom is 0.231 e. The second-order valence-corrected chi connectivity index (χ2v) is 7.27. The number of hydrogen-bond acceptors (Lipinski definition) is 4. The molecule has 0 aliphatic carbocycles. The van der Waals surface area contributed by atoms with Crippen LogP contribution in [0.4, 0.5) is 0 Å². The van der Waals surface area contributed by atoms with Gasteiger partial charge in [-0.2, -0.15) is 0 Å². The summed E-state index contributed by atoms with van der Waals surface area (Å²) in [7, 11) is 1.77. The van der Waals surface area contributed by atoms with Crippen molar-refractivity contribution in [3.05, 3.63) is 95.1 Å². The minimum Gasteiger partial charge on any atom is -0.454 e. The van der Waals surface area contributed by atoms with Crippen molar-refractivity contribution < 1.29 is 14.2 Å². The lowest BCUT2D eigenvalue weighted by Crippen LogP contribution is -2.36. The lowest BCUT2D eigenvalue weighted by molar-refractivity contribution is 0.107. The molecule has 3 aromatic rings. The maximum atomic E-state index is 5.85. The minimum absolute atomic E-state index is 0. The molecule has 4 rings (SSSR count). The summed E-state index contributed by atoms with van der Waals surface area (Å²) in [6, 6.07) is 24.5. The van der Waals surface area contributed by atoms with Gasteiger partial charge in [0.25, 0.3) is 0 Å². The molecule has 0 amide bonds. The lowest BCUT2D eigenvalue weighted by atomic mass is 10.1. The second kappa shape index (κ2) is 12.3. The van der Waals surface area contributed by atoms with Crippen LogP contribution in [0.1, 0.15) is 22.3 Å². The second-order valence-electron chi connectivity index (χ2n) is 7.27. The molecule has 1 heterocycles. The van der Waals surface area contributed by atoms with E-state index in [2.05, 4.69) is 52.0 Å². The van der Waals surface area contributed by atoms with E-state index in [1.807, 2.05) is 36.4 Å². The Bertz CT molecular complexity index is 1030. The standard InChI is InChI=1S/C25H27N3O3.HI/c1-26-25(28-15-21-10-11-23-24(13-21)31-18-30-23)27-14-20-8-5-9-22(12-20)17-29-16-19-6-3-2-4-7-19;/h2-13H,14-18H2,1H3,(H2,26,27,28);1H. The molecule has 0 bridgehead atoms. The maximum absolute atomic E-state index is 5.85. The molecule has 3 aromatic carbocycles. The molecule has 0 fully saturated rings. The number of halogens is 1. The number of aliphatic imine (C=N–C) groups is 1. The zero-order chi connectivity index (χ0) is 21.3. The van der Waals surface area contributed by atoms with Crippen LogP contribution in [-0.2, 0) is 31.0 Å². The number of ether oxygens (including phenoxy) is 3. The van der Waals surface area contributed by atoms with Crippen LogP contribution >= 0.6 is 24.0 Å². The van der Waals surface area contributed by atoms with Gasteiger partial charge in [-0.3, -0.25) is 4.99 Å². The first-order valence-electron chi connectivity index (χ1n) is 10.3. The molecule has 0 aromatic heterocycles. The highest BCUT2D eigenvalue weighted by atomic mass is 127. The van der Waals surface area contributed by atoms with Crippen molar-refractivity contribution in [3.63, 3.8) is 0 Å². The molecule has 2 N–H and O–H groups in total. The molecule has 0 saturated carbocycles. The Labute approximate surface area is 206 Å². The third-order valence-corrected chi connectivity index (χ3v) is 4.95. The molecule has 6 nitrogen and oxygen atoms in total. The Hall–Kier alpha value is -2.78. The molecule has 0 unspecified atom stereocenters. The van der Waals surface area contributed by atoms with E-state index >= 15 is 0 Å². The molecular weight excluding hydrogens is 517 g/mol. The van der Waals surface area contributed by atoms with E-state index in [0.717, 1.165) is 28.6 Å². The number of nitrogens with zero attached hydrogens (tertiary/aromatic N) is 1. The van der Waals surface area contributed by atoms with E-state index < -0.39 is 0 Å². The smallest absolute Gasteiger partial charge is 0.231 e. The van der Waals surface area contributed by atoms with Gasteiger partial charge in [-0.25, -0.2) is 0 Å². The van der Waals surface area contributed by atoms with E-state index in [-0.39, 0.29) is 30.8 Å². The molecule has 7 heteroatoms. The van der Waals surface area contributed by atoms with Gasteiger partial charge in [-0.15, -0.1) is 24.0 Å². The van der Waals surface area contributed by atoms with Crippen LogP contribution in [0, 0.1) is 0 Å². The Morgan fingerprint density at radius 3 is 2.22 bits per heavy atom. The average Bonchev–Trinajstić information content (AvgIpc) is 3.28. The predicted molar refractivity (Wildman–Crippen MR) is 136 cm³/mol. The van der Waals surface area contributed by atoms with E-state index in [1.165, 1.54) is 11.1 Å². The molecule has 0 spiro atoms. The third-order valence-electron chi connectivity index (χ3n) is 4.95. The Balaban J connectivity index is 0.00000289. The highest BCUT2D eigenvalue weighted by Crippen LogP contribution is 2.32. The molecule has 1 aliphatic heterocycles. The van der Waals surface area contributed by atoms with E-state index in [0.29, 0.717) is 26.3 Å². The van der Waals surface area contributed by atoms with Crippen molar-refractivity contribution >= 4 is 29.9 Å². The first-order valence-corrected chi connectivity index (χ1v) is 10.3. The number of rotatable bonds is 8. The molecular formula is C25H28IN3O3. The van der Waals surface area contributed by atoms with Crippen LogP contribution in [0.5, 0.6) is 11.5 Å². The van der Waals surface area contributed by atoms with Crippen molar-refractivity contribution in [1.29, 1.82) is 0 Å². The van der Waals surface area contributed by atoms with Gasteiger partial charge in [0.2, 0.25) is 6.79 Å². The Kier molecular flexibility index (Phi) is 9.18. The number of benzene rings is 3. The zero-order valence-electron chi connectivity index (χ0n) is 18.0. The van der Waals surface area contributed by atoms with Gasteiger partial charge in [-0.1, -0.05) is 60.7 Å². The van der Waals surface area contributed by atoms with Crippen molar-refractivity contribution in [2.75, 3.05) is 13.8 Å². The summed E-state index contributed by atoms with van der Waals surface area (Å²) >= 11 is 0. The number of nitrogens with one attached hydrogen (secondary N) is 2.